The van der Waals surface area contributed by atoms with Crippen LogP contribution in [0.15, 0.2) is 54.6 Å². The number of hydrogen-bond donors (Lipinski definition) is 0. The molecule has 0 saturated heterocycles. The van der Waals surface area contributed by atoms with Gasteiger partial charge in [0.05, 0.1) is 21.5 Å². The van der Waals surface area contributed by atoms with Crippen LogP contribution in [0, 0.1) is 20.2 Å². The monoisotopic (exact) mass is 355 g/mol. The van der Waals surface area contributed by atoms with Crippen molar-refractivity contribution in [3.8, 4) is 0 Å². The van der Waals surface area contributed by atoms with Crippen molar-refractivity contribution in [2.45, 2.75) is 13.0 Å². The Morgan fingerprint density at radius 3 is 2.42 bits per heavy atom. The maximum atomic E-state index is 12.4. The number of non-ortho nitro benzene ring substituents is 1. The minimum absolute atomic E-state index is 0.0503. The molecule has 0 spiro atoms. The molecule has 2 aromatic carbocycles. The number of likely N-dealkylation sites (N-methyl/N-ethyl adjacent to an activating group) is 1. The van der Waals surface area contributed by atoms with E-state index in [0.29, 0.717) is 11.1 Å². The number of carbonyl (C=O) groups excluding carboxylic acids is 1. The molecule has 0 aliphatic heterocycles. The number of para-hydroxylation sites is 1. The second-order valence-corrected chi connectivity index (χ2v) is 5.63. The molecular weight excluding hydrogens is 338 g/mol. The van der Waals surface area contributed by atoms with Gasteiger partial charge in [-0.25, -0.2) is 0 Å². The van der Waals surface area contributed by atoms with Crippen molar-refractivity contribution in [2.24, 2.45) is 0 Å². The highest BCUT2D eigenvalue weighted by molar-refractivity contribution is 5.92. The first-order chi connectivity index (χ1) is 12.3. The van der Waals surface area contributed by atoms with Gasteiger partial charge in [0, 0.05) is 31.3 Å². The summed E-state index contributed by atoms with van der Waals surface area (Å²) in [7, 11) is 1.57. The number of benzene rings is 2. The van der Waals surface area contributed by atoms with Crippen LogP contribution in [0.3, 0.4) is 0 Å². The van der Waals surface area contributed by atoms with Gasteiger partial charge < -0.3 is 4.90 Å². The Kier molecular flexibility index (Phi) is 5.79. The standard InChI is InChI=1S/C18H17N3O5/c1-13(15-7-5-8-16(12-15)20(23)24)19(2)18(22)11-10-14-6-3-4-9-17(14)21(25)26/h3-13H,1-2H3/b11-10+/t13-/m0/s1. The van der Waals surface area contributed by atoms with Gasteiger partial charge in [-0.15, -0.1) is 0 Å². The van der Waals surface area contributed by atoms with Crippen molar-refractivity contribution < 1.29 is 14.6 Å². The molecule has 0 heterocycles. The van der Waals surface area contributed by atoms with Gasteiger partial charge in [-0.1, -0.05) is 24.3 Å². The zero-order chi connectivity index (χ0) is 19.3. The SMILES string of the molecule is C[C@@H](c1cccc([N+](=O)[O-])c1)N(C)C(=O)/C=C/c1ccccc1[N+](=O)[O-]. The molecule has 26 heavy (non-hydrogen) atoms. The third kappa shape index (κ3) is 4.29. The summed E-state index contributed by atoms with van der Waals surface area (Å²) in [6.45, 7) is 1.75. The molecule has 0 unspecified atom stereocenters. The third-order valence-corrected chi connectivity index (χ3v) is 4.03. The fraction of sp³-hybridized carbons (Fsp3) is 0.167. The van der Waals surface area contributed by atoms with Gasteiger partial charge in [0.15, 0.2) is 0 Å². The Morgan fingerprint density at radius 2 is 1.77 bits per heavy atom. The van der Waals surface area contributed by atoms with E-state index in [2.05, 4.69) is 0 Å². The summed E-state index contributed by atoms with van der Waals surface area (Å²) in [5.41, 5.74) is 0.799. The molecule has 0 saturated carbocycles. The number of hydrogen-bond acceptors (Lipinski definition) is 5. The Labute approximate surface area is 149 Å². The van der Waals surface area contributed by atoms with Gasteiger partial charge in [-0.2, -0.15) is 0 Å². The summed E-state index contributed by atoms with van der Waals surface area (Å²) >= 11 is 0. The predicted molar refractivity (Wildman–Crippen MR) is 96.4 cm³/mol. The first-order valence-corrected chi connectivity index (χ1v) is 7.74. The highest BCUT2D eigenvalue weighted by Crippen LogP contribution is 2.24. The number of rotatable bonds is 6. The molecule has 0 radical (unpaired) electrons. The van der Waals surface area contributed by atoms with E-state index in [0.717, 1.165) is 0 Å². The van der Waals surface area contributed by atoms with Crippen LogP contribution in [0.1, 0.15) is 24.1 Å². The lowest BCUT2D eigenvalue weighted by Gasteiger charge is -2.24. The van der Waals surface area contributed by atoms with Crippen LogP contribution in [-0.2, 0) is 4.79 Å². The molecule has 0 fully saturated rings. The molecule has 0 aromatic heterocycles. The van der Waals surface area contributed by atoms with E-state index in [4.69, 9.17) is 0 Å². The highest BCUT2D eigenvalue weighted by atomic mass is 16.6. The smallest absolute Gasteiger partial charge is 0.276 e. The first-order valence-electron chi connectivity index (χ1n) is 7.74. The Balaban J connectivity index is 2.18. The van der Waals surface area contributed by atoms with Gasteiger partial charge in [0.25, 0.3) is 11.4 Å². The second kappa shape index (κ2) is 8.02. The fourth-order valence-electron chi connectivity index (χ4n) is 2.39. The quantitative estimate of drug-likeness (QED) is 0.446. The summed E-state index contributed by atoms with van der Waals surface area (Å²) < 4.78 is 0. The molecular formula is C18H17N3O5. The molecule has 0 aliphatic rings. The van der Waals surface area contributed by atoms with Crippen molar-refractivity contribution in [3.05, 3.63) is 86.0 Å². The van der Waals surface area contributed by atoms with Crippen LogP contribution in [0.4, 0.5) is 11.4 Å². The average molecular weight is 355 g/mol. The van der Waals surface area contributed by atoms with E-state index in [1.807, 2.05) is 0 Å². The van der Waals surface area contributed by atoms with Crippen molar-refractivity contribution in [3.63, 3.8) is 0 Å². The van der Waals surface area contributed by atoms with Gasteiger partial charge in [-0.05, 0) is 24.6 Å². The van der Waals surface area contributed by atoms with Gasteiger partial charge in [-0.3, -0.25) is 25.0 Å². The minimum atomic E-state index is -0.514. The molecule has 8 nitrogen and oxygen atoms in total. The van der Waals surface area contributed by atoms with Crippen molar-refractivity contribution in [1.29, 1.82) is 0 Å². The Morgan fingerprint density at radius 1 is 1.08 bits per heavy atom. The minimum Gasteiger partial charge on any atom is -0.335 e. The summed E-state index contributed by atoms with van der Waals surface area (Å²) in [5, 5.41) is 21.9. The fourth-order valence-corrected chi connectivity index (χ4v) is 2.39. The molecule has 0 N–H and O–H groups in total. The molecule has 2 aromatic rings. The van der Waals surface area contributed by atoms with Crippen LogP contribution in [0.5, 0.6) is 0 Å². The van der Waals surface area contributed by atoms with E-state index in [-0.39, 0.29) is 17.3 Å². The first kappa shape index (κ1) is 18.8. The third-order valence-electron chi connectivity index (χ3n) is 4.03. The lowest BCUT2D eigenvalue weighted by atomic mass is 10.1. The lowest BCUT2D eigenvalue weighted by molar-refractivity contribution is -0.385. The Hall–Kier alpha value is -3.55. The van der Waals surface area contributed by atoms with Crippen molar-refractivity contribution >= 4 is 23.4 Å². The van der Waals surface area contributed by atoms with Gasteiger partial charge in [0.2, 0.25) is 5.91 Å². The number of carbonyl (C=O) groups is 1. The van der Waals surface area contributed by atoms with Crippen LogP contribution < -0.4 is 0 Å². The summed E-state index contributed by atoms with van der Waals surface area (Å²) in [6, 6.07) is 11.8. The molecule has 134 valence electrons. The van der Waals surface area contributed by atoms with Crippen LogP contribution >= 0.6 is 0 Å². The molecule has 8 heteroatoms. The van der Waals surface area contributed by atoms with E-state index >= 15 is 0 Å². The number of nitro groups is 2. The van der Waals surface area contributed by atoms with Crippen LogP contribution in [0.2, 0.25) is 0 Å². The normalized spacial score (nSPS) is 11.9. The maximum Gasteiger partial charge on any atom is 0.276 e. The highest BCUT2D eigenvalue weighted by Gasteiger charge is 2.18. The Bertz CT molecular complexity index is 879. The molecule has 0 aliphatic carbocycles. The lowest BCUT2D eigenvalue weighted by Crippen LogP contribution is -2.28. The van der Waals surface area contributed by atoms with Crippen LogP contribution in [-0.4, -0.2) is 27.7 Å². The molecule has 1 atom stereocenters. The zero-order valence-electron chi connectivity index (χ0n) is 14.2. The molecule has 0 bridgehead atoms. The predicted octanol–water partition coefficient (Wildman–Crippen LogP) is 3.74. The summed E-state index contributed by atoms with van der Waals surface area (Å²) in [6.07, 6.45) is 2.63. The van der Waals surface area contributed by atoms with E-state index in [1.165, 1.54) is 35.3 Å². The average Bonchev–Trinajstić information content (AvgIpc) is 2.65. The zero-order valence-corrected chi connectivity index (χ0v) is 14.2. The van der Waals surface area contributed by atoms with Gasteiger partial charge >= 0.3 is 0 Å². The molecule has 1 amide bonds. The number of nitro benzene ring substituents is 2. The summed E-state index contributed by atoms with van der Waals surface area (Å²) in [5.74, 6) is -0.373. The largest absolute Gasteiger partial charge is 0.335 e. The van der Waals surface area contributed by atoms with E-state index in [1.54, 1.807) is 44.3 Å². The van der Waals surface area contributed by atoms with E-state index in [9.17, 15) is 25.0 Å². The van der Waals surface area contributed by atoms with Crippen molar-refractivity contribution in [1.82, 2.24) is 4.90 Å². The summed E-state index contributed by atoms with van der Waals surface area (Å²) in [4.78, 5) is 34.7. The number of amides is 1. The second-order valence-electron chi connectivity index (χ2n) is 5.63. The molecule has 2 rings (SSSR count). The topological polar surface area (TPSA) is 107 Å². The number of nitrogens with zero attached hydrogens (tertiary/aromatic N) is 3. The van der Waals surface area contributed by atoms with E-state index < -0.39 is 15.9 Å². The maximum absolute atomic E-state index is 12.4. The van der Waals surface area contributed by atoms with Crippen molar-refractivity contribution in [2.75, 3.05) is 7.05 Å². The van der Waals surface area contributed by atoms with Crippen LogP contribution in [0.25, 0.3) is 6.08 Å². The van der Waals surface area contributed by atoms with Gasteiger partial charge in [0.1, 0.15) is 0 Å².